The summed E-state index contributed by atoms with van der Waals surface area (Å²) in [5.41, 5.74) is 5.27. The zero-order valence-corrected chi connectivity index (χ0v) is 20.0. The molecule has 0 bridgehead atoms. The van der Waals surface area contributed by atoms with Crippen molar-refractivity contribution in [3.8, 4) is 16.9 Å². The van der Waals surface area contributed by atoms with Gasteiger partial charge in [-0.15, -0.1) is 0 Å². The van der Waals surface area contributed by atoms with Gasteiger partial charge in [-0.05, 0) is 29.7 Å². The zero-order valence-electron chi connectivity index (χ0n) is 19.2. The molecule has 3 aromatic rings. The van der Waals surface area contributed by atoms with Crippen molar-refractivity contribution >= 4 is 29.2 Å². The van der Waals surface area contributed by atoms with E-state index in [1.807, 2.05) is 54.6 Å². The monoisotopic (exact) mass is 520 g/mol. The molecule has 0 heterocycles. The Balaban J connectivity index is 1.72. The summed E-state index contributed by atoms with van der Waals surface area (Å²) in [4.78, 5) is 23.2. The third-order valence-electron chi connectivity index (χ3n) is 5.37. The first-order valence-corrected chi connectivity index (χ1v) is 11.2. The summed E-state index contributed by atoms with van der Waals surface area (Å²) in [7, 11) is 0. The van der Waals surface area contributed by atoms with Crippen molar-refractivity contribution in [2.45, 2.75) is 31.5 Å². The maximum Gasteiger partial charge on any atom is 0.420 e. The third kappa shape index (κ3) is 6.99. The van der Waals surface area contributed by atoms with Crippen LogP contribution in [0.4, 0.5) is 18.9 Å². The smallest absolute Gasteiger partial charge is 0.420 e. The molecule has 1 atom stereocenters. The van der Waals surface area contributed by atoms with Crippen LogP contribution >= 0.6 is 11.6 Å². The van der Waals surface area contributed by atoms with Crippen molar-refractivity contribution in [2.75, 3.05) is 11.9 Å². The van der Waals surface area contributed by atoms with Gasteiger partial charge in [0.1, 0.15) is 11.3 Å². The number of carboxylic acids is 1. The van der Waals surface area contributed by atoms with E-state index in [1.54, 1.807) is 0 Å². The van der Waals surface area contributed by atoms with Gasteiger partial charge in [0.25, 0.3) is 0 Å². The Morgan fingerprint density at radius 1 is 1.03 bits per heavy atom. The van der Waals surface area contributed by atoms with Crippen molar-refractivity contribution in [1.29, 1.82) is 0 Å². The Kier molecular flexibility index (Phi) is 8.27. The number of hydrogen-bond donors (Lipinski definition) is 3. The van der Waals surface area contributed by atoms with Crippen molar-refractivity contribution in [1.82, 2.24) is 0 Å². The highest BCUT2D eigenvalue weighted by molar-refractivity contribution is 6.34. The normalized spacial score (nSPS) is 13.1. The van der Waals surface area contributed by atoms with Gasteiger partial charge >= 0.3 is 12.1 Å². The van der Waals surface area contributed by atoms with E-state index >= 15 is 0 Å². The molecule has 10 heteroatoms. The largest absolute Gasteiger partial charge is 0.493 e. The van der Waals surface area contributed by atoms with Crippen LogP contribution in [0.5, 0.6) is 5.75 Å². The van der Waals surface area contributed by atoms with Crippen LogP contribution in [0.25, 0.3) is 11.1 Å². The maximum absolute atomic E-state index is 13.7. The van der Waals surface area contributed by atoms with Gasteiger partial charge in [0, 0.05) is 12.5 Å². The van der Waals surface area contributed by atoms with Gasteiger partial charge in [-0.2, -0.15) is 13.2 Å². The fraction of sp³-hybridized carbons (Fsp3) is 0.231. The van der Waals surface area contributed by atoms with E-state index in [0.717, 1.165) is 29.7 Å². The maximum atomic E-state index is 13.7. The van der Waals surface area contributed by atoms with Crippen LogP contribution in [0.1, 0.15) is 24.5 Å². The Bertz CT molecular complexity index is 1230. The second-order valence-corrected chi connectivity index (χ2v) is 8.84. The number of amides is 1. The lowest BCUT2D eigenvalue weighted by Crippen LogP contribution is -2.50. The number of nitrogens with one attached hydrogen (secondary N) is 1. The number of aliphatic carboxylic acids is 1. The summed E-state index contributed by atoms with van der Waals surface area (Å²) in [6, 6.07) is 19.0. The van der Waals surface area contributed by atoms with Crippen molar-refractivity contribution in [3.05, 3.63) is 82.9 Å². The highest BCUT2D eigenvalue weighted by atomic mass is 35.5. The second-order valence-electron chi connectivity index (χ2n) is 8.43. The lowest BCUT2D eigenvalue weighted by molar-refractivity contribution is -0.140. The SMILES string of the molecule is C[C@](N)(CC(=O)O)C(=O)Nc1cc(C(F)(F)F)c(OCCc2ccc(-c3ccccc3)cc2)cc1Cl. The Hall–Kier alpha value is -3.56. The van der Waals surface area contributed by atoms with E-state index in [1.165, 1.54) is 0 Å². The number of anilines is 1. The lowest BCUT2D eigenvalue weighted by Gasteiger charge is -2.23. The van der Waals surface area contributed by atoms with Gasteiger partial charge in [0.15, 0.2) is 0 Å². The van der Waals surface area contributed by atoms with Crippen LogP contribution in [0.15, 0.2) is 66.7 Å². The Morgan fingerprint density at radius 3 is 2.22 bits per heavy atom. The molecule has 6 nitrogen and oxygen atoms in total. The number of carbonyl (C=O) groups excluding carboxylic acids is 1. The molecule has 0 saturated heterocycles. The summed E-state index contributed by atoms with van der Waals surface area (Å²) < 4.78 is 46.6. The number of carbonyl (C=O) groups is 2. The van der Waals surface area contributed by atoms with Crippen LogP contribution in [-0.2, 0) is 22.2 Å². The van der Waals surface area contributed by atoms with E-state index in [0.29, 0.717) is 12.5 Å². The van der Waals surface area contributed by atoms with Gasteiger partial charge in [-0.25, -0.2) is 0 Å². The van der Waals surface area contributed by atoms with E-state index in [4.69, 9.17) is 27.2 Å². The number of ether oxygens (including phenoxy) is 1. The molecule has 0 unspecified atom stereocenters. The molecule has 0 radical (unpaired) electrons. The van der Waals surface area contributed by atoms with Crippen molar-refractivity contribution in [2.24, 2.45) is 5.73 Å². The minimum atomic E-state index is -4.80. The topological polar surface area (TPSA) is 102 Å². The second kappa shape index (κ2) is 11.0. The van der Waals surface area contributed by atoms with Crippen LogP contribution in [0, 0.1) is 0 Å². The number of rotatable bonds is 9. The first kappa shape index (κ1) is 27.0. The fourth-order valence-electron chi connectivity index (χ4n) is 3.42. The van der Waals surface area contributed by atoms with Crippen LogP contribution in [0.3, 0.4) is 0 Å². The molecule has 190 valence electrons. The molecule has 36 heavy (non-hydrogen) atoms. The summed E-state index contributed by atoms with van der Waals surface area (Å²) >= 11 is 6.10. The number of nitrogens with two attached hydrogens (primary N) is 1. The van der Waals surface area contributed by atoms with Gasteiger partial charge < -0.3 is 20.9 Å². The van der Waals surface area contributed by atoms with Crippen LogP contribution < -0.4 is 15.8 Å². The van der Waals surface area contributed by atoms with Gasteiger partial charge in [0.2, 0.25) is 5.91 Å². The predicted molar refractivity (Wildman–Crippen MR) is 131 cm³/mol. The molecule has 0 aliphatic rings. The van der Waals surface area contributed by atoms with Gasteiger partial charge in [-0.3, -0.25) is 9.59 Å². The summed E-state index contributed by atoms with van der Waals surface area (Å²) in [6.45, 7) is 1.11. The van der Waals surface area contributed by atoms with Gasteiger partial charge in [-0.1, -0.05) is 66.2 Å². The van der Waals surface area contributed by atoms with Crippen molar-refractivity contribution in [3.63, 3.8) is 0 Å². The first-order valence-electron chi connectivity index (χ1n) is 10.9. The van der Waals surface area contributed by atoms with Crippen LogP contribution in [-0.4, -0.2) is 29.1 Å². The van der Waals surface area contributed by atoms with E-state index in [-0.39, 0.29) is 17.3 Å². The summed E-state index contributed by atoms with van der Waals surface area (Å²) in [5, 5.41) is 10.8. The molecular weight excluding hydrogens is 497 g/mol. The molecule has 0 saturated carbocycles. The number of alkyl halides is 3. The molecule has 4 N–H and O–H groups in total. The standard InChI is InChI=1S/C26H24ClF3N2O4/c1-25(31,15-23(33)34)24(35)32-21-13-19(26(28,29)30)22(14-20(21)27)36-12-11-16-7-9-18(10-8-16)17-5-3-2-4-6-17/h2-10,13-14H,11-12,15,31H2,1H3,(H,32,35)(H,33,34)/t25-/m0/s1. The Labute approximate surface area is 210 Å². The lowest BCUT2D eigenvalue weighted by atomic mass is 9.98. The average molecular weight is 521 g/mol. The van der Waals surface area contributed by atoms with E-state index < -0.39 is 41.3 Å². The first-order chi connectivity index (χ1) is 16.9. The minimum Gasteiger partial charge on any atom is -0.493 e. The molecule has 0 aliphatic carbocycles. The third-order valence-corrected chi connectivity index (χ3v) is 5.68. The minimum absolute atomic E-state index is 0.0463. The molecule has 3 rings (SSSR count). The molecular formula is C26H24ClF3N2O4. The average Bonchev–Trinajstić information content (AvgIpc) is 2.80. The number of halogens is 4. The van der Waals surface area contributed by atoms with Crippen LogP contribution in [0.2, 0.25) is 5.02 Å². The number of benzene rings is 3. The molecule has 3 aromatic carbocycles. The highest BCUT2D eigenvalue weighted by Gasteiger charge is 2.37. The van der Waals surface area contributed by atoms with Crippen molar-refractivity contribution < 1.29 is 32.6 Å². The highest BCUT2D eigenvalue weighted by Crippen LogP contribution is 2.41. The number of carboxylic acid groups (broad SMARTS) is 1. The summed E-state index contributed by atoms with van der Waals surface area (Å²) in [5.74, 6) is -2.82. The number of hydrogen-bond acceptors (Lipinski definition) is 4. The Morgan fingerprint density at radius 2 is 1.64 bits per heavy atom. The molecule has 1 amide bonds. The van der Waals surface area contributed by atoms with E-state index in [2.05, 4.69) is 5.32 Å². The zero-order chi connectivity index (χ0) is 26.5. The van der Waals surface area contributed by atoms with Gasteiger partial charge in [0.05, 0.1) is 29.3 Å². The molecule has 0 aliphatic heterocycles. The molecule has 0 aromatic heterocycles. The molecule has 0 fully saturated rings. The summed E-state index contributed by atoms with van der Waals surface area (Å²) in [6.07, 6.45) is -5.18. The molecule has 0 spiro atoms. The van der Waals surface area contributed by atoms with E-state index in [9.17, 15) is 22.8 Å². The predicted octanol–water partition coefficient (Wildman–Crippen LogP) is 5.78. The fourth-order valence-corrected chi connectivity index (χ4v) is 3.63. The quantitative estimate of drug-likeness (QED) is 0.332.